The monoisotopic (exact) mass is 294 g/mol. The number of hydrogen-bond donors (Lipinski definition) is 0. The van der Waals surface area contributed by atoms with E-state index in [-0.39, 0.29) is 11.9 Å². The van der Waals surface area contributed by atoms with Gasteiger partial charge in [-0.1, -0.05) is 6.92 Å². The van der Waals surface area contributed by atoms with E-state index in [1.54, 1.807) is 11.3 Å². The van der Waals surface area contributed by atoms with Gasteiger partial charge in [0.15, 0.2) is 5.13 Å². The van der Waals surface area contributed by atoms with Gasteiger partial charge >= 0.3 is 5.97 Å². The second-order valence-corrected chi connectivity index (χ2v) is 7.06. The van der Waals surface area contributed by atoms with Crippen molar-refractivity contribution in [3.63, 3.8) is 0 Å². The Morgan fingerprint density at radius 3 is 2.95 bits per heavy atom. The highest BCUT2D eigenvalue weighted by atomic mass is 32.1. The zero-order valence-corrected chi connectivity index (χ0v) is 13.2. The van der Waals surface area contributed by atoms with E-state index in [4.69, 9.17) is 9.72 Å². The third kappa shape index (κ3) is 2.55. The molecule has 0 radical (unpaired) electrons. The number of hydrogen-bond acceptors (Lipinski definition) is 5. The van der Waals surface area contributed by atoms with Crippen LogP contribution in [0.15, 0.2) is 0 Å². The van der Waals surface area contributed by atoms with Crippen molar-refractivity contribution < 1.29 is 9.53 Å². The molecule has 0 spiro atoms. The molecule has 0 amide bonds. The lowest BCUT2D eigenvalue weighted by Gasteiger charge is -2.15. The number of aryl methyl sites for hydroxylation is 1. The first-order chi connectivity index (χ1) is 9.60. The second-order valence-electron chi connectivity index (χ2n) is 6.00. The molecule has 1 aromatic rings. The van der Waals surface area contributed by atoms with Crippen LogP contribution in [0.5, 0.6) is 0 Å². The number of carbonyl (C=O) groups is 1. The number of rotatable bonds is 5. The molecule has 0 aromatic carbocycles. The van der Waals surface area contributed by atoms with E-state index in [0.29, 0.717) is 6.61 Å². The maximum Gasteiger partial charge on any atom is 0.315 e. The van der Waals surface area contributed by atoms with Gasteiger partial charge in [-0.2, -0.15) is 0 Å². The molecule has 1 saturated carbocycles. The molecule has 2 aliphatic carbocycles. The summed E-state index contributed by atoms with van der Waals surface area (Å²) in [4.78, 5) is 20.2. The molecule has 4 nitrogen and oxygen atoms in total. The van der Waals surface area contributed by atoms with Gasteiger partial charge in [0.1, 0.15) is 5.92 Å². The molecule has 1 fully saturated rings. The van der Waals surface area contributed by atoms with Crippen LogP contribution in [0.3, 0.4) is 0 Å². The van der Waals surface area contributed by atoms with Crippen LogP contribution in [0.1, 0.15) is 43.2 Å². The Morgan fingerprint density at radius 2 is 2.30 bits per heavy atom. The highest BCUT2D eigenvalue weighted by Crippen LogP contribution is 2.42. The average molecular weight is 294 g/mol. The van der Waals surface area contributed by atoms with Crippen molar-refractivity contribution in [1.29, 1.82) is 0 Å². The average Bonchev–Trinajstić information content (AvgIpc) is 2.81. The van der Waals surface area contributed by atoms with Gasteiger partial charge in [0.2, 0.25) is 0 Å². The molecule has 1 aromatic heterocycles. The fourth-order valence-corrected chi connectivity index (χ4v) is 4.04. The minimum atomic E-state index is -0.136. The number of anilines is 1. The Balaban J connectivity index is 1.70. The summed E-state index contributed by atoms with van der Waals surface area (Å²) < 4.78 is 5.15. The van der Waals surface area contributed by atoms with Crippen LogP contribution in [-0.4, -0.2) is 31.2 Å². The van der Waals surface area contributed by atoms with E-state index in [0.717, 1.165) is 42.0 Å². The summed E-state index contributed by atoms with van der Waals surface area (Å²) in [5.41, 5.74) is 0.971. The predicted molar refractivity (Wildman–Crippen MR) is 80.4 cm³/mol. The number of fused-ring (bicyclic) bond motifs is 1. The smallest absolute Gasteiger partial charge is 0.315 e. The van der Waals surface area contributed by atoms with E-state index in [9.17, 15) is 4.79 Å². The number of carbonyl (C=O) groups excluding carboxylic acids is 1. The van der Waals surface area contributed by atoms with E-state index >= 15 is 0 Å². The maximum absolute atomic E-state index is 11.9. The predicted octanol–water partition coefficient (Wildman–Crippen LogP) is 2.83. The number of ether oxygens (including phenoxy) is 1. The standard InChI is InChI=1S/C15H22N2O2S/c1-4-19-14(18)11-5-6-12-13(11)16-15(20-12)17(3)8-10-7-9(10)2/h9-11H,4-8H2,1-3H3. The first kappa shape index (κ1) is 13.9. The topological polar surface area (TPSA) is 42.4 Å². The van der Waals surface area contributed by atoms with Crippen molar-refractivity contribution in [3.05, 3.63) is 10.6 Å². The molecule has 1 heterocycles. The number of thiazole rings is 1. The Labute approximate surface area is 124 Å². The lowest BCUT2D eigenvalue weighted by atomic mass is 10.1. The fraction of sp³-hybridized carbons (Fsp3) is 0.733. The Morgan fingerprint density at radius 1 is 1.55 bits per heavy atom. The molecule has 0 bridgehead atoms. The highest BCUT2D eigenvalue weighted by Gasteiger charge is 2.36. The van der Waals surface area contributed by atoms with Gasteiger partial charge in [-0.25, -0.2) is 4.98 Å². The van der Waals surface area contributed by atoms with Crippen LogP contribution in [0.4, 0.5) is 5.13 Å². The molecule has 0 saturated heterocycles. The van der Waals surface area contributed by atoms with E-state index in [2.05, 4.69) is 18.9 Å². The minimum Gasteiger partial charge on any atom is -0.465 e. The third-order valence-electron chi connectivity index (χ3n) is 4.39. The SMILES string of the molecule is CCOC(=O)C1CCc2sc(N(C)CC3CC3C)nc21. The molecular formula is C15H22N2O2S. The van der Waals surface area contributed by atoms with E-state index in [1.807, 2.05) is 6.92 Å². The van der Waals surface area contributed by atoms with Gasteiger partial charge in [-0.05, 0) is 38.0 Å². The summed E-state index contributed by atoms with van der Waals surface area (Å²) in [6.45, 7) is 5.68. The molecule has 2 aliphatic rings. The quantitative estimate of drug-likeness (QED) is 0.783. The van der Waals surface area contributed by atoms with Crippen LogP contribution in [0.25, 0.3) is 0 Å². The maximum atomic E-state index is 11.9. The lowest BCUT2D eigenvalue weighted by Crippen LogP contribution is -2.21. The number of esters is 1. The van der Waals surface area contributed by atoms with Crippen molar-refractivity contribution in [2.75, 3.05) is 25.1 Å². The number of nitrogens with zero attached hydrogens (tertiary/aromatic N) is 2. The largest absolute Gasteiger partial charge is 0.465 e. The van der Waals surface area contributed by atoms with Crippen molar-refractivity contribution in [1.82, 2.24) is 4.98 Å². The molecule has 0 N–H and O–H groups in total. The van der Waals surface area contributed by atoms with Crippen LogP contribution in [0.2, 0.25) is 0 Å². The number of aromatic nitrogens is 1. The van der Waals surface area contributed by atoms with Crippen LogP contribution in [0, 0.1) is 11.8 Å². The molecule has 3 rings (SSSR count). The van der Waals surface area contributed by atoms with Gasteiger partial charge < -0.3 is 9.64 Å². The molecule has 20 heavy (non-hydrogen) atoms. The van der Waals surface area contributed by atoms with Crippen LogP contribution >= 0.6 is 11.3 Å². The molecule has 110 valence electrons. The summed E-state index contributed by atoms with van der Waals surface area (Å²) >= 11 is 1.75. The normalized spacial score (nSPS) is 27.2. The van der Waals surface area contributed by atoms with Crippen LogP contribution in [-0.2, 0) is 16.0 Å². The molecule has 3 atom stereocenters. The van der Waals surface area contributed by atoms with Crippen LogP contribution < -0.4 is 4.90 Å². The van der Waals surface area contributed by atoms with E-state index < -0.39 is 0 Å². The van der Waals surface area contributed by atoms with Gasteiger partial charge in [0.05, 0.1) is 12.3 Å². The second kappa shape index (κ2) is 5.35. The fourth-order valence-electron chi connectivity index (χ4n) is 2.93. The first-order valence-electron chi connectivity index (χ1n) is 7.47. The van der Waals surface area contributed by atoms with Gasteiger partial charge in [-0.3, -0.25) is 4.79 Å². The van der Waals surface area contributed by atoms with Crippen molar-refractivity contribution in [3.8, 4) is 0 Å². The zero-order chi connectivity index (χ0) is 14.3. The minimum absolute atomic E-state index is 0.110. The van der Waals surface area contributed by atoms with Gasteiger partial charge in [-0.15, -0.1) is 11.3 Å². The molecule has 3 unspecified atom stereocenters. The zero-order valence-electron chi connectivity index (χ0n) is 12.4. The van der Waals surface area contributed by atoms with Crippen molar-refractivity contribution >= 4 is 22.4 Å². The van der Waals surface area contributed by atoms with Crippen molar-refractivity contribution in [2.45, 2.75) is 39.0 Å². The molecule has 5 heteroatoms. The van der Waals surface area contributed by atoms with Gasteiger partial charge in [0.25, 0.3) is 0 Å². The third-order valence-corrected chi connectivity index (χ3v) is 5.63. The highest BCUT2D eigenvalue weighted by molar-refractivity contribution is 7.15. The summed E-state index contributed by atoms with van der Waals surface area (Å²) in [6, 6.07) is 0. The Bertz CT molecular complexity index is 514. The summed E-state index contributed by atoms with van der Waals surface area (Å²) in [5, 5.41) is 1.06. The lowest BCUT2D eigenvalue weighted by molar-refractivity contribution is -0.145. The summed E-state index contributed by atoms with van der Waals surface area (Å²) in [6.07, 6.45) is 3.15. The van der Waals surface area contributed by atoms with E-state index in [1.165, 1.54) is 11.3 Å². The van der Waals surface area contributed by atoms with Gasteiger partial charge in [0, 0.05) is 18.5 Å². The Hall–Kier alpha value is -1.10. The van der Waals surface area contributed by atoms with Crippen molar-refractivity contribution in [2.24, 2.45) is 11.8 Å². The first-order valence-corrected chi connectivity index (χ1v) is 8.29. The Kier molecular flexibility index (Phi) is 3.71. The molecule has 0 aliphatic heterocycles. The summed E-state index contributed by atoms with van der Waals surface area (Å²) in [7, 11) is 2.11. The molecular weight excluding hydrogens is 272 g/mol. The summed E-state index contributed by atoms with van der Waals surface area (Å²) in [5.74, 6) is 1.43.